The maximum absolute atomic E-state index is 13.3. The van der Waals surface area contributed by atoms with E-state index in [2.05, 4.69) is 12.1 Å². The van der Waals surface area contributed by atoms with Gasteiger partial charge in [-0.15, -0.1) is 0 Å². The molecular weight excluding hydrogens is 354 g/mol. The van der Waals surface area contributed by atoms with Gasteiger partial charge in [-0.05, 0) is 43.5 Å². The van der Waals surface area contributed by atoms with E-state index >= 15 is 0 Å². The van der Waals surface area contributed by atoms with Crippen molar-refractivity contribution >= 4 is 10.0 Å². The first kappa shape index (κ1) is 18.0. The van der Waals surface area contributed by atoms with Gasteiger partial charge in [-0.25, -0.2) is 8.42 Å². The molecular formula is C23H23NO2S. The summed E-state index contributed by atoms with van der Waals surface area (Å²) in [5.41, 5.74) is 4.43. The van der Waals surface area contributed by atoms with Crippen molar-refractivity contribution in [3.63, 3.8) is 0 Å². The highest BCUT2D eigenvalue weighted by Crippen LogP contribution is 2.49. The van der Waals surface area contributed by atoms with Gasteiger partial charge in [0.25, 0.3) is 0 Å². The average molecular weight is 378 g/mol. The molecule has 3 atom stereocenters. The van der Waals surface area contributed by atoms with Gasteiger partial charge in [0, 0.05) is 0 Å². The number of benzene rings is 3. The zero-order valence-electron chi connectivity index (χ0n) is 15.5. The van der Waals surface area contributed by atoms with Crippen LogP contribution in [0, 0.1) is 13.8 Å². The Balaban J connectivity index is 1.69. The monoisotopic (exact) mass is 377 g/mol. The van der Waals surface area contributed by atoms with Crippen molar-refractivity contribution in [1.82, 2.24) is 4.31 Å². The maximum Gasteiger partial charge on any atom is 0.244 e. The zero-order valence-corrected chi connectivity index (χ0v) is 16.4. The summed E-state index contributed by atoms with van der Waals surface area (Å²) >= 11 is 0. The molecule has 1 aliphatic rings. The van der Waals surface area contributed by atoms with Crippen LogP contribution >= 0.6 is 0 Å². The van der Waals surface area contributed by atoms with E-state index in [4.69, 9.17) is 0 Å². The van der Waals surface area contributed by atoms with Crippen molar-refractivity contribution in [2.75, 3.05) is 0 Å². The van der Waals surface area contributed by atoms with Crippen LogP contribution in [0.25, 0.3) is 0 Å². The van der Waals surface area contributed by atoms with Crippen LogP contribution in [0.3, 0.4) is 0 Å². The summed E-state index contributed by atoms with van der Waals surface area (Å²) in [5, 5.41) is 0. The lowest BCUT2D eigenvalue weighted by Gasteiger charge is -2.08. The molecule has 0 spiro atoms. The van der Waals surface area contributed by atoms with Crippen LogP contribution in [-0.4, -0.2) is 18.8 Å². The minimum Gasteiger partial charge on any atom is -0.207 e. The average Bonchev–Trinajstić information content (AvgIpc) is 3.38. The van der Waals surface area contributed by atoms with E-state index in [0.29, 0.717) is 11.3 Å². The van der Waals surface area contributed by atoms with Crippen molar-refractivity contribution < 1.29 is 8.42 Å². The Morgan fingerprint density at radius 1 is 0.778 bits per heavy atom. The molecule has 3 aromatic rings. The fourth-order valence-corrected chi connectivity index (χ4v) is 5.38. The maximum atomic E-state index is 13.3. The van der Waals surface area contributed by atoms with Crippen LogP contribution in [0.2, 0.25) is 0 Å². The molecule has 4 rings (SSSR count). The number of sulfonamides is 1. The van der Waals surface area contributed by atoms with Crippen molar-refractivity contribution in [1.29, 1.82) is 0 Å². The fourth-order valence-electron chi connectivity index (χ4n) is 3.61. The van der Waals surface area contributed by atoms with Crippen LogP contribution in [0.4, 0.5) is 0 Å². The third-order valence-corrected chi connectivity index (χ3v) is 7.10. The van der Waals surface area contributed by atoms with Gasteiger partial charge < -0.3 is 0 Å². The second-order valence-corrected chi connectivity index (χ2v) is 9.10. The summed E-state index contributed by atoms with van der Waals surface area (Å²) in [6.45, 7) is 4.00. The number of hydrogen-bond donors (Lipinski definition) is 0. The Kier molecular flexibility index (Phi) is 4.62. The molecule has 1 saturated heterocycles. The minimum atomic E-state index is -3.53. The van der Waals surface area contributed by atoms with Crippen LogP contribution < -0.4 is 0 Å². The summed E-state index contributed by atoms with van der Waals surface area (Å²) in [6.07, 6.45) is 0.713. The van der Waals surface area contributed by atoms with E-state index in [1.165, 1.54) is 5.56 Å². The van der Waals surface area contributed by atoms with Crippen LogP contribution in [0.5, 0.6) is 0 Å². The lowest BCUT2D eigenvalue weighted by Crippen LogP contribution is -2.16. The summed E-state index contributed by atoms with van der Waals surface area (Å²) in [4.78, 5) is 0.362. The van der Waals surface area contributed by atoms with E-state index in [-0.39, 0.29) is 12.1 Å². The van der Waals surface area contributed by atoms with Gasteiger partial charge in [0.2, 0.25) is 10.0 Å². The number of aryl methyl sites for hydroxylation is 2. The van der Waals surface area contributed by atoms with E-state index in [0.717, 1.165) is 16.7 Å². The third kappa shape index (κ3) is 3.55. The van der Waals surface area contributed by atoms with E-state index in [9.17, 15) is 8.42 Å². The molecule has 1 aliphatic heterocycles. The van der Waals surface area contributed by atoms with E-state index in [1.54, 1.807) is 16.4 Å². The molecule has 1 fully saturated rings. The molecule has 138 valence electrons. The SMILES string of the molecule is Cc1ccc(C2C(Cc3ccccc3)N2S(=O)(=O)c2ccc(C)cc2)cc1. The number of hydrogen-bond acceptors (Lipinski definition) is 2. The molecule has 0 aromatic heterocycles. The first-order chi connectivity index (χ1) is 13.0. The number of nitrogens with zero attached hydrogens (tertiary/aromatic N) is 1. The second kappa shape index (κ2) is 6.95. The second-order valence-electron chi connectivity index (χ2n) is 7.26. The topological polar surface area (TPSA) is 37.1 Å². The fraction of sp³-hybridized carbons (Fsp3) is 0.217. The quantitative estimate of drug-likeness (QED) is 0.607. The largest absolute Gasteiger partial charge is 0.244 e. The van der Waals surface area contributed by atoms with Crippen LogP contribution in [-0.2, 0) is 16.4 Å². The molecule has 27 heavy (non-hydrogen) atoms. The van der Waals surface area contributed by atoms with E-state index < -0.39 is 10.0 Å². The Morgan fingerprint density at radius 3 is 1.93 bits per heavy atom. The molecule has 0 radical (unpaired) electrons. The standard InChI is InChI=1S/C23H23NO2S/c1-17-8-12-20(13-9-17)23-22(16-19-6-4-3-5-7-19)24(23)27(25,26)21-14-10-18(2)11-15-21/h3-15,22-23H,16H2,1-2H3. The highest BCUT2D eigenvalue weighted by atomic mass is 32.2. The van der Waals surface area contributed by atoms with Crippen molar-refractivity contribution in [2.24, 2.45) is 0 Å². The Hall–Kier alpha value is -2.43. The summed E-state index contributed by atoms with van der Waals surface area (Å²) in [5.74, 6) is 0. The molecule has 3 unspecified atom stereocenters. The molecule has 0 bridgehead atoms. The van der Waals surface area contributed by atoms with Gasteiger partial charge in [0.1, 0.15) is 0 Å². The molecule has 4 heteroatoms. The molecule has 0 N–H and O–H groups in total. The minimum absolute atomic E-state index is 0.0543. The van der Waals surface area contributed by atoms with Gasteiger partial charge in [-0.3, -0.25) is 0 Å². The number of rotatable bonds is 5. The van der Waals surface area contributed by atoms with Gasteiger partial charge in [-0.1, -0.05) is 77.9 Å². The molecule has 0 saturated carbocycles. The smallest absolute Gasteiger partial charge is 0.207 e. The summed E-state index contributed by atoms with van der Waals surface area (Å²) in [7, 11) is -3.53. The third-order valence-electron chi connectivity index (χ3n) is 5.18. The van der Waals surface area contributed by atoms with Gasteiger partial charge >= 0.3 is 0 Å². The summed E-state index contributed by atoms with van der Waals surface area (Å²) < 4.78 is 28.2. The van der Waals surface area contributed by atoms with Crippen molar-refractivity contribution in [3.05, 3.63) is 101 Å². The zero-order chi connectivity index (χ0) is 19.0. The Labute approximate surface area is 161 Å². The van der Waals surface area contributed by atoms with Crippen LogP contribution in [0.15, 0.2) is 83.8 Å². The lowest BCUT2D eigenvalue weighted by atomic mass is 10.0. The Bertz CT molecular complexity index is 1030. The molecule has 0 aliphatic carbocycles. The van der Waals surface area contributed by atoms with Gasteiger partial charge in [0.15, 0.2) is 0 Å². The van der Waals surface area contributed by atoms with E-state index in [1.807, 2.05) is 68.4 Å². The lowest BCUT2D eigenvalue weighted by molar-refractivity contribution is 0.545. The predicted octanol–water partition coefficient (Wildman–Crippen LogP) is 4.66. The molecule has 1 heterocycles. The van der Waals surface area contributed by atoms with Crippen LogP contribution in [0.1, 0.15) is 28.3 Å². The molecule has 3 nitrogen and oxygen atoms in total. The first-order valence-corrected chi connectivity index (χ1v) is 10.6. The normalized spacial score (nSPS) is 21.8. The molecule has 3 aromatic carbocycles. The van der Waals surface area contributed by atoms with Gasteiger partial charge in [0.05, 0.1) is 17.0 Å². The first-order valence-electron chi connectivity index (χ1n) is 9.17. The Morgan fingerprint density at radius 2 is 1.33 bits per heavy atom. The predicted molar refractivity (Wildman–Crippen MR) is 108 cm³/mol. The summed E-state index contributed by atoms with van der Waals surface area (Å²) in [6, 6.07) is 25.2. The highest BCUT2D eigenvalue weighted by Gasteiger charge is 2.55. The van der Waals surface area contributed by atoms with Crippen molar-refractivity contribution in [2.45, 2.75) is 37.2 Å². The molecule has 0 amide bonds. The van der Waals surface area contributed by atoms with Crippen molar-refractivity contribution in [3.8, 4) is 0 Å². The van der Waals surface area contributed by atoms with Gasteiger partial charge in [-0.2, -0.15) is 4.31 Å². The highest BCUT2D eigenvalue weighted by molar-refractivity contribution is 7.89.